The van der Waals surface area contributed by atoms with Gasteiger partial charge in [-0.3, -0.25) is 0 Å². The maximum atomic E-state index is 5.86. The van der Waals surface area contributed by atoms with Gasteiger partial charge in [-0.2, -0.15) is 0 Å². The lowest BCUT2D eigenvalue weighted by Crippen LogP contribution is -2.22. The molecule has 110 valence electrons. The van der Waals surface area contributed by atoms with Gasteiger partial charge in [0.05, 0.1) is 5.60 Å². The molecule has 19 heavy (non-hydrogen) atoms. The molecule has 1 N–H and O–H groups in total. The van der Waals surface area contributed by atoms with Crippen molar-refractivity contribution >= 4 is 0 Å². The lowest BCUT2D eigenvalue weighted by molar-refractivity contribution is -0.0385. The highest BCUT2D eigenvalue weighted by atomic mass is 16.5. The molecule has 1 aromatic heterocycles. The van der Waals surface area contributed by atoms with E-state index >= 15 is 0 Å². The lowest BCUT2D eigenvalue weighted by atomic mass is 10.1. The standard InChI is InChI=1S/C16H29NO2/c1-7-16(5,6)18-11-15-8-14(13(4)19-15)10-17-9-12(2)3/h8,12,17H,7,9-11H2,1-6H3. The average Bonchev–Trinajstić information content (AvgIpc) is 2.68. The molecule has 0 aliphatic heterocycles. The molecule has 0 radical (unpaired) electrons. The second kappa shape index (κ2) is 7.11. The third kappa shape index (κ3) is 5.79. The van der Waals surface area contributed by atoms with Crippen molar-refractivity contribution in [2.75, 3.05) is 6.54 Å². The largest absolute Gasteiger partial charge is 0.464 e. The van der Waals surface area contributed by atoms with E-state index in [0.29, 0.717) is 12.5 Å². The number of aryl methyl sites for hydroxylation is 1. The fourth-order valence-electron chi connectivity index (χ4n) is 1.70. The van der Waals surface area contributed by atoms with E-state index in [0.717, 1.165) is 31.0 Å². The molecule has 0 saturated carbocycles. The Balaban J connectivity index is 2.49. The van der Waals surface area contributed by atoms with Crippen LogP contribution in [0.4, 0.5) is 0 Å². The second-order valence-corrected chi connectivity index (χ2v) is 6.22. The molecule has 0 fully saturated rings. The molecule has 3 nitrogen and oxygen atoms in total. The minimum absolute atomic E-state index is 0.0866. The third-order valence-electron chi connectivity index (χ3n) is 3.40. The van der Waals surface area contributed by atoms with Crippen molar-refractivity contribution in [3.8, 4) is 0 Å². The molecule has 0 bridgehead atoms. The molecule has 0 spiro atoms. The molecule has 1 rings (SSSR count). The van der Waals surface area contributed by atoms with Gasteiger partial charge >= 0.3 is 0 Å². The smallest absolute Gasteiger partial charge is 0.130 e. The van der Waals surface area contributed by atoms with Gasteiger partial charge in [-0.05, 0) is 45.7 Å². The summed E-state index contributed by atoms with van der Waals surface area (Å²) in [6.07, 6.45) is 0.996. The van der Waals surface area contributed by atoms with E-state index in [2.05, 4.69) is 46.0 Å². The molecule has 0 unspecified atom stereocenters. The Labute approximate surface area is 117 Å². The Hall–Kier alpha value is -0.800. The SMILES string of the molecule is CCC(C)(C)OCc1cc(CNCC(C)C)c(C)o1. The Bertz CT molecular complexity index is 380. The quantitative estimate of drug-likeness (QED) is 0.772. The number of ether oxygens (including phenoxy) is 1. The van der Waals surface area contributed by atoms with Crippen LogP contribution in [0.5, 0.6) is 0 Å². The first-order chi connectivity index (χ1) is 8.84. The fraction of sp³-hybridized carbons (Fsp3) is 0.750. The zero-order valence-corrected chi connectivity index (χ0v) is 13.3. The first-order valence-electron chi connectivity index (χ1n) is 7.27. The van der Waals surface area contributed by atoms with Gasteiger partial charge in [-0.1, -0.05) is 20.8 Å². The Morgan fingerprint density at radius 1 is 1.37 bits per heavy atom. The van der Waals surface area contributed by atoms with Crippen LogP contribution in [0.1, 0.15) is 58.1 Å². The molecule has 0 amide bonds. The zero-order valence-electron chi connectivity index (χ0n) is 13.3. The fourth-order valence-corrected chi connectivity index (χ4v) is 1.70. The monoisotopic (exact) mass is 267 g/mol. The van der Waals surface area contributed by atoms with Crippen molar-refractivity contribution in [1.82, 2.24) is 5.32 Å². The molecule has 0 aliphatic carbocycles. The van der Waals surface area contributed by atoms with E-state index in [1.165, 1.54) is 5.56 Å². The number of nitrogens with one attached hydrogen (secondary N) is 1. The van der Waals surface area contributed by atoms with Crippen molar-refractivity contribution in [1.29, 1.82) is 0 Å². The van der Waals surface area contributed by atoms with Crippen LogP contribution in [0.15, 0.2) is 10.5 Å². The van der Waals surface area contributed by atoms with Crippen LogP contribution < -0.4 is 5.32 Å². The maximum absolute atomic E-state index is 5.86. The van der Waals surface area contributed by atoms with Crippen molar-refractivity contribution in [3.63, 3.8) is 0 Å². The molecule has 0 aliphatic rings. The lowest BCUT2D eigenvalue weighted by Gasteiger charge is -2.22. The number of rotatable bonds is 8. The first-order valence-corrected chi connectivity index (χ1v) is 7.27. The minimum Gasteiger partial charge on any atom is -0.464 e. The van der Waals surface area contributed by atoms with Gasteiger partial charge in [-0.25, -0.2) is 0 Å². The molecule has 1 aromatic rings. The number of hydrogen-bond acceptors (Lipinski definition) is 3. The van der Waals surface area contributed by atoms with Gasteiger partial charge < -0.3 is 14.5 Å². The molecule has 3 heteroatoms. The summed E-state index contributed by atoms with van der Waals surface area (Å²) in [5.74, 6) is 2.57. The van der Waals surface area contributed by atoms with E-state index in [1.54, 1.807) is 0 Å². The van der Waals surface area contributed by atoms with Crippen LogP contribution in [-0.2, 0) is 17.9 Å². The highest BCUT2D eigenvalue weighted by Gasteiger charge is 2.17. The summed E-state index contributed by atoms with van der Waals surface area (Å²) in [6.45, 7) is 15.2. The van der Waals surface area contributed by atoms with E-state index < -0.39 is 0 Å². The van der Waals surface area contributed by atoms with Gasteiger partial charge in [0.2, 0.25) is 0 Å². The summed E-state index contributed by atoms with van der Waals surface area (Å²) in [5, 5.41) is 3.44. The van der Waals surface area contributed by atoms with E-state index in [1.807, 2.05) is 6.92 Å². The highest BCUT2D eigenvalue weighted by molar-refractivity contribution is 5.20. The van der Waals surface area contributed by atoms with Gasteiger partial charge in [0, 0.05) is 12.1 Å². The van der Waals surface area contributed by atoms with Crippen molar-refractivity contribution in [2.45, 2.75) is 66.7 Å². The molecule has 0 saturated heterocycles. The zero-order chi connectivity index (χ0) is 14.5. The summed E-state index contributed by atoms with van der Waals surface area (Å²) in [5.41, 5.74) is 1.14. The van der Waals surface area contributed by atoms with Crippen LogP contribution in [0, 0.1) is 12.8 Å². The molecular weight excluding hydrogens is 238 g/mol. The summed E-state index contributed by atoms with van der Waals surface area (Å²) in [6, 6.07) is 2.11. The normalized spacial score (nSPS) is 12.4. The predicted octanol–water partition coefficient (Wildman–Crippen LogP) is 4.04. The molecular formula is C16H29NO2. The van der Waals surface area contributed by atoms with Crippen LogP contribution in [-0.4, -0.2) is 12.1 Å². The van der Waals surface area contributed by atoms with Gasteiger partial charge in [-0.15, -0.1) is 0 Å². The van der Waals surface area contributed by atoms with E-state index in [-0.39, 0.29) is 5.60 Å². The van der Waals surface area contributed by atoms with Crippen LogP contribution in [0.3, 0.4) is 0 Å². The Morgan fingerprint density at radius 3 is 2.63 bits per heavy atom. The summed E-state index contributed by atoms with van der Waals surface area (Å²) in [7, 11) is 0. The van der Waals surface area contributed by atoms with Gasteiger partial charge in [0.1, 0.15) is 18.1 Å². The highest BCUT2D eigenvalue weighted by Crippen LogP contribution is 2.20. The molecule has 0 atom stereocenters. The Morgan fingerprint density at radius 2 is 2.05 bits per heavy atom. The molecule has 0 aromatic carbocycles. The number of furan rings is 1. The predicted molar refractivity (Wildman–Crippen MR) is 79.1 cm³/mol. The topological polar surface area (TPSA) is 34.4 Å². The van der Waals surface area contributed by atoms with Gasteiger partial charge in [0.15, 0.2) is 0 Å². The number of hydrogen-bond donors (Lipinski definition) is 1. The van der Waals surface area contributed by atoms with E-state index in [4.69, 9.17) is 9.15 Å². The molecule has 1 heterocycles. The Kier molecular flexibility index (Phi) is 6.08. The maximum Gasteiger partial charge on any atom is 0.130 e. The summed E-state index contributed by atoms with van der Waals surface area (Å²) < 4.78 is 11.6. The van der Waals surface area contributed by atoms with Crippen molar-refractivity contribution in [3.05, 3.63) is 23.2 Å². The minimum atomic E-state index is -0.0866. The van der Waals surface area contributed by atoms with Crippen LogP contribution in [0.25, 0.3) is 0 Å². The summed E-state index contributed by atoms with van der Waals surface area (Å²) in [4.78, 5) is 0. The third-order valence-corrected chi connectivity index (χ3v) is 3.40. The van der Waals surface area contributed by atoms with Gasteiger partial charge in [0.25, 0.3) is 0 Å². The van der Waals surface area contributed by atoms with Crippen LogP contribution >= 0.6 is 0 Å². The second-order valence-electron chi connectivity index (χ2n) is 6.22. The van der Waals surface area contributed by atoms with Crippen LogP contribution in [0.2, 0.25) is 0 Å². The van der Waals surface area contributed by atoms with Crippen molar-refractivity contribution < 1.29 is 9.15 Å². The summed E-state index contributed by atoms with van der Waals surface area (Å²) >= 11 is 0. The van der Waals surface area contributed by atoms with Crippen molar-refractivity contribution in [2.24, 2.45) is 5.92 Å². The average molecular weight is 267 g/mol. The van der Waals surface area contributed by atoms with E-state index in [9.17, 15) is 0 Å². The first kappa shape index (κ1) is 16.3.